The largest absolute Gasteiger partial charge is 0.493 e. The van der Waals surface area contributed by atoms with Crippen molar-refractivity contribution < 1.29 is 4.74 Å². The van der Waals surface area contributed by atoms with E-state index < -0.39 is 0 Å². The Morgan fingerprint density at radius 3 is 1.96 bits per heavy atom. The predicted molar refractivity (Wildman–Crippen MR) is 113 cm³/mol. The van der Waals surface area contributed by atoms with Crippen molar-refractivity contribution in [3.05, 3.63) is 102 Å². The van der Waals surface area contributed by atoms with Crippen molar-refractivity contribution in [1.82, 2.24) is 5.32 Å². The molecule has 0 aliphatic heterocycles. The van der Waals surface area contributed by atoms with E-state index in [0.29, 0.717) is 12.6 Å². The van der Waals surface area contributed by atoms with Crippen LogP contribution in [0.4, 0.5) is 0 Å². The van der Waals surface area contributed by atoms with Gasteiger partial charge in [-0.3, -0.25) is 0 Å². The molecule has 3 aromatic rings. The Bertz CT molecular complexity index is 768. The van der Waals surface area contributed by atoms with E-state index in [1.807, 2.05) is 6.07 Å². The van der Waals surface area contributed by atoms with Crippen LogP contribution in [-0.4, -0.2) is 13.2 Å². The summed E-state index contributed by atoms with van der Waals surface area (Å²) in [6.45, 7) is 3.94. The monoisotopic (exact) mass is 359 g/mol. The average molecular weight is 360 g/mol. The van der Waals surface area contributed by atoms with Gasteiger partial charge in [-0.25, -0.2) is 0 Å². The van der Waals surface area contributed by atoms with Crippen LogP contribution in [0.1, 0.15) is 36.1 Å². The third kappa shape index (κ3) is 6.58. The van der Waals surface area contributed by atoms with Crippen LogP contribution in [0.15, 0.2) is 84.9 Å². The van der Waals surface area contributed by atoms with Gasteiger partial charge < -0.3 is 10.1 Å². The summed E-state index contributed by atoms with van der Waals surface area (Å²) < 4.78 is 5.87. The van der Waals surface area contributed by atoms with Gasteiger partial charge in [0.15, 0.2) is 0 Å². The second kappa shape index (κ2) is 10.5. The fraction of sp³-hybridized carbons (Fsp3) is 0.280. The van der Waals surface area contributed by atoms with E-state index in [1.165, 1.54) is 16.7 Å². The highest BCUT2D eigenvalue weighted by Crippen LogP contribution is 2.18. The predicted octanol–water partition coefficient (Wildman–Crippen LogP) is 5.59. The maximum atomic E-state index is 5.87. The molecule has 2 heteroatoms. The van der Waals surface area contributed by atoms with E-state index in [0.717, 1.165) is 31.6 Å². The fourth-order valence-corrected chi connectivity index (χ4v) is 3.16. The molecule has 140 valence electrons. The number of hydrogen-bond donors (Lipinski definition) is 1. The minimum Gasteiger partial charge on any atom is -0.493 e. The van der Waals surface area contributed by atoms with Crippen LogP contribution in [0.5, 0.6) is 5.75 Å². The summed E-state index contributed by atoms with van der Waals surface area (Å²) in [7, 11) is 0. The first-order chi connectivity index (χ1) is 13.3. The molecule has 0 aliphatic carbocycles. The Morgan fingerprint density at radius 2 is 1.33 bits per heavy atom. The SMILES string of the molecule is CC(NCCCc1ccccc1)c1ccc(OCCc2ccccc2)cc1. The second-order valence-corrected chi connectivity index (χ2v) is 6.92. The molecule has 0 radical (unpaired) electrons. The highest BCUT2D eigenvalue weighted by molar-refractivity contribution is 5.29. The number of aryl methyl sites for hydroxylation is 1. The van der Waals surface area contributed by atoms with E-state index in [4.69, 9.17) is 4.74 Å². The van der Waals surface area contributed by atoms with E-state index in [9.17, 15) is 0 Å². The first-order valence-corrected chi connectivity index (χ1v) is 9.85. The quantitative estimate of drug-likeness (QED) is 0.476. The Morgan fingerprint density at radius 1 is 0.741 bits per heavy atom. The van der Waals surface area contributed by atoms with Gasteiger partial charge in [0.25, 0.3) is 0 Å². The molecule has 0 saturated carbocycles. The van der Waals surface area contributed by atoms with Gasteiger partial charge in [0.1, 0.15) is 5.75 Å². The average Bonchev–Trinajstić information content (AvgIpc) is 2.73. The van der Waals surface area contributed by atoms with Crippen molar-refractivity contribution in [1.29, 1.82) is 0 Å². The van der Waals surface area contributed by atoms with Gasteiger partial charge in [0, 0.05) is 12.5 Å². The second-order valence-electron chi connectivity index (χ2n) is 6.92. The molecule has 0 aromatic heterocycles. The zero-order valence-electron chi connectivity index (χ0n) is 16.1. The summed E-state index contributed by atoms with van der Waals surface area (Å²) in [5, 5.41) is 3.61. The molecule has 3 rings (SSSR count). The summed E-state index contributed by atoms with van der Waals surface area (Å²) in [5.41, 5.74) is 4.01. The molecule has 0 aliphatic rings. The number of nitrogens with one attached hydrogen (secondary N) is 1. The minimum atomic E-state index is 0.346. The Hall–Kier alpha value is -2.58. The van der Waals surface area contributed by atoms with Crippen LogP contribution >= 0.6 is 0 Å². The molecule has 1 unspecified atom stereocenters. The van der Waals surface area contributed by atoms with Crippen molar-refractivity contribution in [2.45, 2.75) is 32.2 Å². The Balaban J connectivity index is 1.37. The van der Waals surface area contributed by atoms with Gasteiger partial charge in [0.05, 0.1) is 6.61 Å². The molecule has 0 spiro atoms. The maximum Gasteiger partial charge on any atom is 0.119 e. The summed E-state index contributed by atoms with van der Waals surface area (Å²) >= 11 is 0. The van der Waals surface area contributed by atoms with Gasteiger partial charge >= 0.3 is 0 Å². The van der Waals surface area contributed by atoms with E-state index in [1.54, 1.807) is 0 Å². The van der Waals surface area contributed by atoms with Crippen LogP contribution in [0, 0.1) is 0 Å². The molecule has 0 amide bonds. The Kier molecular flexibility index (Phi) is 7.49. The number of benzene rings is 3. The lowest BCUT2D eigenvalue weighted by atomic mass is 10.1. The van der Waals surface area contributed by atoms with Crippen molar-refractivity contribution in [2.75, 3.05) is 13.2 Å². The minimum absolute atomic E-state index is 0.346. The van der Waals surface area contributed by atoms with Gasteiger partial charge in [-0.15, -0.1) is 0 Å². The lowest BCUT2D eigenvalue weighted by Gasteiger charge is -2.15. The van der Waals surface area contributed by atoms with Crippen molar-refractivity contribution in [2.24, 2.45) is 0 Å². The van der Waals surface area contributed by atoms with Crippen molar-refractivity contribution in [3.63, 3.8) is 0 Å². The maximum absolute atomic E-state index is 5.87. The zero-order valence-corrected chi connectivity index (χ0v) is 16.1. The van der Waals surface area contributed by atoms with Crippen LogP contribution in [0.3, 0.4) is 0 Å². The molecule has 0 saturated heterocycles. The molecule has 0 bridgehead atoms. The van der Waals surface area contributed by atoms with Crippen LogP contribution in [-0.2, 0) is 12.8 Å². The summed E-state index contributed by atoms with van der Waals surface area (Å²) in [6, 6.07) is 29.9. The molecule has 0 heterocycles. The van der Waals surface area contributed by atoms with E-state index >= 15 is 0 Å². The molecule has 1 N–H and O–H groups in total. The van der Waals surface area contributed by atoms with Crippen LogP contribution in [0.25, 0.3) is 0 Å². The van der Waals surface area contributed by atoms with Gasteiger partial charge in [-0.2, -0.15) is 0 Å². The fourth-order valence-electron chi connectivity index (χ4n) is 3.16. The highest BCUT2D eigenvalue weighted by Gasteiger charge is 2.05. The molecule has 3 aromatic carbocycles. The zero-order chi connectivity index (χ0) is 18.7. The van der Waals surface area contributed by atoms with Crippen molar-refractivity contribution in [3.8, 4) is 5.75 Å². The van der Waals surface area contributed by atoms with E-state index in [-0.39, 0.29) is 0 Å². The van der Waals surface area contributed by atoms with Gasteiger partial charge in [0.2, 0.25) is 0 Å². The first kappa shape index (κ1) is 19.2. The highest BCUT2D eigenvalue weighted by atomic mass is 16.5. The lowest BCUT2D eigenvalue weighted by Crippen LogP contribution is -2.20. The van der Waals surface area contributed by atoms with E-state index in [2.05, 4.69) is 91.1 Å². The van der Waals surface area contributed by atoms with Crippen molar-refractivity contribution >= 4 is 0 Å². The van der Waals surface area contributed by atoms with Gasteiger partial charge in [-0.1, -0.05) is 72.8 Å². The summed E-state index contributed by atoms with van der Waals surface area (Å²) in [5.74, 6) is 0.936. The smallest absolute Gasteiger partial charge is 0.119 e. The standard InChI is InChI=1S/C25H29NO/c1-21(26-19-8-13-22-9-4-2-5-10-22)24-14-16-25(17-15-24)27-20-18-23-11-6-3-7-12-23/h2-7,9-12,14-17,21,26H,8,13,18-20H2,1H3. The molecule has 0 fully saturated rings. The molecule has 27 heavy (non-hydrogen) atoms. The van der Waals surface area contributed by atoms with Crippen LogP contribution in [0.2, 0.25) is 0 Å². The molecular weight excluding hydrogens is 330 g/mol. The first-order valence-electron chi connectivity index (χ1n) is 9.85. The summed E-state index contributed by atoms with van der Waals surface area (Å²) in [6.07, 6.45) is 3.20. The number of hydrogen-bond acceptors (Lipinski definition) is 2. The number of rotatable bonds is 10. The van der Waals surface area contributed by atoms with Crippen LogP contribution < -0.4 is 10.1 Å². The third-order valence-electron chi connectivity index (χ3n) is 4.82. The Labute approximate surface area is 163 Å². The third-order valence-corrected chi connectivity index (χ3v) is 4.82. The lowest BCUT2D eigenvalue weighted by molar-refractivity contribution is 0.322. The van der Waals surface area contributed by atoms with Gasteiger partial charge in [-0.05, 0) is 55.1 Å². The topological polar surface area (TPSA) is 21.3 Å². The normalized spacial score (nSPS) is 11.9. The molecular formula is C25H29NO. The summed E-state index contributed by atoms with van der Waals surface area (Å²) in [4.78, 5) is 0. The molecule has 2 nitrogen and oxygen atoms in total. The number of ether oxygens (including phenoxy) is 1. The molecule has 1 atom stereocenters.